The van der Waals surface area contributed by atoms with Crippen molar-refractivity contribution in [3.8, 4) is 5.75 Å². The van der Waals surface area contributed by atoms with E-state index in [0.717, 1.165) is 0 Å². The number of nitrogens with two attached hydrogens (primary N) is 1. The standard InChI is InChI=1S/C10H14ClNO2/c1-10(12,6-13)8-4-3-7(14-2)5-9(8)11/h3-5,13H,6,12H2,1-2H3/t10-/m0/s1. The number of aliphatic hydroxyl groups is 1. The monoisotopic (exact) mass is 215 g/mol. The van der Waals surface area contributed by atoms with Crippen LogP contribution in [0.4, 0.5) is 0 Å². The molecular formula is C10H14ClNO2. The molecule has 0 amide bonds. The summed E-state index contributed by atoms with van der Waals surface area (Å²) < 4.78 is 5.01. The van der Waals surface area contributed by atoms with Crippen molar-refractivity contribution in [2.45, 2.75) is 12.5 Å². The highest BCUT2D eigenvalue weighted by Gasteiger charge is 2.22. The number of hydrogen-bond donors (Lipinski definition) is 2. The first-order chi connectivity index (χ1) is 6.51. The van der Waals surface area contributed by atoms with E-state index in [1.807, 2.05) is 0 Å². The van der Waals surface area contributed by atoms with E-state index in [1.165, 1.54) is 0 Å². The third-order valence-electron chi connectivity index (χ3n) is 2.12. The second-order valence-electron chi connectivity index (χ2n) is 3.42. The molecular weight excluding hydrogens is 202 g/mol. The van der Waals surface area contributed by atoms with Crippen molar-refractivity contribution < 1.29 is 9.84 Å². The summed E-state index contributed by atoms with van der Waals surface area (Å²) in [5.74, 6) is 0.674. The fourth-order valence-corrected chi connectivity index (χ4v) is 1.56. The Bertz CT molecular complexity index is 326. The number of methoxy groups -OCH3 is 1. The molecule has 0 saturated heterocycles. The molecule has 0 aliphatic carbocycles. The lowest BCUT2D eigenvalue weighted by Gasteiger charge is -2.23. The van der Waals surface area contributed by atoms with Gasteiger partial charge in [-0.05, 0) is 24.6 Å². The molecule has 0 saturated carbocycles. The van der Waals surface area contributed by atoms with Gasteiger partial charge < -0.3 is 15.6 Å². The van der Waals surface area contributed by atoms with Gasteiger partial charge >= 0.3 is 0 Å². The summed E-state index contributed by atoms with van der Waals surface area (Å²) in [4.78, 5) is 0. The minimum atomic E-state index is -0.816. The normalized spacial score (nSPS) is 14.9. The van der Waals surface area contributed by atoms with E-state index in [9.17, 15) is 0 Å². The molecule has 3 N–H and O–H groups in total. The lowest BCUT2D eigenvalue weighted by Crippen LogP contribution is -2.37. The highest BCUT2D eigenvalue weighted by atomic mass is 35.5. The van der Waals surface area contributed by atoms with Crippen LogP contribution in [-0.2, 0) is 5.54 Å². The number of ether oxygens (including phenoxy) is 1. The van der Waals surface area contributed by atoms with E-state index < -0.39 is 5.54 Å². The Balaban J connectivity index is 3.12. The lowest BCUT2D eigenvalue weighted by atomic mass is 9.94. The highest BCUT2D eigenvalue weighted by molar-refractivity contribution is 6.31. The second kappa shape index (κ2) is 4.17. The van der Waals surface area contributed by atoms with E-state index in [2.05, 4.69) is 0 Å². The number of hydrogen-bond acceptors (Lipinski definition) is 3. The van der Waals surface area contributed by atoms with E-state index in [4.69, 9.17) is 27.2 Å². The van der Waals surface area contributed by atoms with Gasteiger partial charge in [-0.3, -0.25) is 0 Å². The summed E-state index contributed by atoms with van der Waals surface area (Å²) in [5, 5.41) is 9.59. The SMILES string of the molecule is COc1ccc([C@@](C)(N)CO)c(Cl)c1. The Hall–Kier alpha value is -0.770. The van der Waals surface area contributed by atoms with Gasteiger partial charge in [0.1, 0.15) is 5.75 Å². The molecule has 1 rings (SSSR count). The van der Waals surface area contributed by atoms with Crippen molar-refractivity contribution in [3.05, 3.63) is 28.8 Å². The summed E-state index contributed by atoms with van der Waals surface area (Å²) in [6.45, 7) is 1.57. The van der Waals surface area contributed by atoms with Gasteiger partial charge in [0.15, 0.2) is 0 Å². The van der Waals surface area contributed by atoms with Crippen LogP contribution in [0, 0.1) is 0 Å². The van der Waals surface area contributed by atoms with Crippen molar-refractivity contribution in [1.29, 1.82) is 0 Å². The zero-order chi connectivity index (χ0) is 10.8. The highest BCUT2D eigenvalue weighted by Crippen LogP contribution is 2.29. The molecule has 0 aromatic heterocycles. The first kappa shape index (κ1) is 11.3. The van der Waals surface area contributed by atoms with Gasteiger partial charge in [-0.2, -0.15) is 0 Å². The summed E-state index contributed by atoms with van der Waals surface area (Å²) in [7, 11) is 1.57. The zero-order valence-corrected chi connectivity index (χ0v) is 9.01. The molecule has 0 aliphatic heterocycles. The molecule has 0 aliphatic rings. The van der Waals surface area contributed by atoms with Crippen molar-refractivity contribution in [3.63, 3.8) is 0 Å². The van der Waals surface area contributed by atoms with Gasteiger partial charge in [-0.1, -0.05) is 17.7 Å². The van der Waals surface area contributed by atoms with Crippen LogP contribution >= 0.6 is 11.6 Å². The predicted octanol–water partition coefficient (Wildman–Crippen LogP) is 1.51. The predicted molar refractivity (Wildman–Crippen MR) is 56.6 cm³/mol. The molecule has 0 spiro atoms. The van der Waals surface area contributed by atoms with Crippen molar-refractivity contribution >= 4 is 11.6 Å². The van der Waals surface area contributed by atoms with E-state index >= 15 is 0 Å². The fourth-order valence-electron chi connectivity index (χ4n) is 1.17. The van der Waals surface area contributed by atoms with Crippen molar-refractivity contribution in [2.24, 2.45) is 5.73 Å². The summed E-state index contributed by atoms with van der Waals surface area (Å²) >= 11 is 6.00. The summed E-state index contributed by atoms with van der Waals surface area (Å²) in [5.41, 5.74) is 5.75. The number of rotatable bonds is 3. The molecule has 78 valence electrons. The van der Waals surface area contributed by atoms with Crippen LogP contribution in [-0.4, -0.2) is 18.8 Å². The molecule has 4 heteroatoms. The first-order valence-corrected chi connectivity index (χ1v) is 4.63. The van der Waals surface area contributed by atoms with Crippen LogP contribution in [0.15, 0.2) is 18.2 Å². The van der Waals surface area contributed by atoms with Gasteiger partial charge in [-0.25, -0.2) is 0 Å². The molecule has 1 aromatic carbocycles. The Morgan fingerprint density at radius 3 is 2.64 bits per heavy atom. The van der Waals surface area contributed by atoms with Crippen LogP contribution in [0.25, 0.3) is 0 Å². The van der Waals surface area contributed by atoms with Gasteiger partial charge in [0.25, 0.3) is 0 Å². The smallest absolute Gasteiger partial charge is 0.120 e. The molecule has 0 bridgehead atoms. The molecule has 1 atom stereocenters. The second-order valence-corrected chi connectivity index (χ2v) is 3.83. The number of halogens is 1. The number of benzene rings is 1. The van der Waals surface area contributed by atoms with Gasteiger partial charge in [0.05, 0.1) is 19.3 Å². The Morgan fingerprint density at radius 2 is 2.21 bits per heavy atom. The Labute approximate surface area is 88.4 Å². The quantitative estimate of drug-likeness (QED) is 0.804. The lowest BCUT2D eigenvalue weighted by molar-refractivity contribution is 0.210. The summed E-state index contributed by atoms with van der Waals surface area (Å²) in [6.07, 6.45) is 0. The van der Waals surface area contributed by atoms with Gasteiger partial charge in [0.2, 0.25) is 0 Å². The molecule has 0 heterocycles. The van der Waals surface area contributed by atoms with Crippen LogP contribution in [0.2, 0.25) is 5.02 Å². The maximum atomic E-state index is 9.08. The van der Waals surface area contributed by atoms with Crippen LogP contribution in [0.5, 0.6) is 5.75 Å². The fraction of sp³-hybridized carbons (Fsp3) is 0.400. The molecule has 3 nitrogen and oxygen atoms in total. The molecule has 0 fully saturated rings. The molecule has 1 aromatic rings. The number of aliphatic hydroxyl groups excluding tert-OH is 1. The van der Waals surface area contributed by atoms with Crippen molar-refractivity contribution in [1.82, 2.24) is 0 Å². The zero-order valence-electron chi connectivity index (χ0n) is 8.25. The third kappa shape index (κ3) is 2.18. The van der Waals surface area contributed by atoms with E-state index in [0.29, 0.717) is 16.3 Å². The molecule has 0 unspecified atom stereocenters. The average molecular weight is 216 g/mol. The Morgan fingerprint density at radius 1 is 1.57 bits per heavy atom. The van der Waals surface area contributed by atoms with Gasteiger partial charge in [0, 0.05) is 5.02 Å². The Kier molecular flexibility index (Phi) is 3.37. The minimum Gasteiger partial charge on any atom is -0.497 e. The maximum Gasteiger partial charge on any atom is 0.120 e. The first-order valence-electron chi connectivity index (χ1n) is 4.25. The van der Waals surface area contributed by atoms with Gasteiger partial charge in [-0.15, -0.1) is 0 Å². The van der Waals surface area contributed by atoms with E-state index in [1.54, 1.807) is 32.2 Å². The third-order valence-corrected chi connectivity index (χ3v) is 2.43. The molecule has 14 heavy (non-hydrogen) atoms. The topological polar surface area (TPSA) is 55.5 Å². The minimum absolute atomic E-state index is 0.154. The van der Waals surface area contributed by atoms with E-state index in [-0.39, 0.29) is 6.61 Å². The average Bonchev–Trinajstić information content (AvgIpc) is 2.17. The van der Waals surface area contributed by atoms with Crippen LogP contribution < -0.4 is 10.5 Å². The van der Waals surface area contributed by atoms with Crippen LogP contribution in [0.1, 0.15) is 12.5 Å². The largest absolute Gasteiger partial charge is 0.497 e. The van der Waals surface area contributed by atoms with Crippen molar-refractivity contribution in [2.75, 3.05) is 13.7 Å². The van der Waals surface area contributed by atoms with Crippen LogP contribution in [0.3, 0.4) is 0 Å². The molecule has 0 radical (unpaired) electrons. The maximum absolute atomic E-state index is 9.08. The summed E-state index contributed by atoms with van der Waals surface area (Å²) in [6, 6.07) is 5.21.